The SMILES string of the molecule is N#Cc1ccc(NS(=O)(=O)N2CCc3ccccc3C2)cc1. The lowest BCUT2D eigenvalue weighted by Crippen LogP contribution is -2.39. The minimum Gasteiger partial charge on any atom is -0.271 e. The van der Waals surface area contributed by atoms with E-state index in [0.717, 1.165) is 5.56 Å². The van der Waals surface area contributed by atoms with E-state index in [1.165, 1.54) is 9.87 Å². The highest BCUT2D eigenvalue weighted by Gasteiger charge is 2.26. The Bertz CT molecular complexity index is 823. The van der Waals surface area contributed by atoms with E-state index in [1.54, 1.807) is 24.3 Å². The minimum atomic E-state index is -3.60. The summed E-state index contributed by atoms with van der Waals surface area (Å²) in [5, 5.41) is 8.76. The van der Waals surface area contributed by atoms with E-state index in [1.807, 2.05) is 30.3 Å². The summed E-state index contributed by atoms with van der Waals surface area (Å²) in [4.78, 5) is 0. The van der Waals surface area contributed by atoms with Crippen molar-refractivity contribution in [2.24, 2.45) is 0 Å². The summed E-state index contributed by atoms with van der Waals surface area (Å²) in [7, 11) is -3.60. The first-order valence-corrected chi connectivity index (χ1v) is 8.37. The highest BCUT2D eigenvalue weighted by Crippen LogP contribution is 2.22. The molecule has 0 saturated carbocycles. The maximum atomic E-state index is 12.5. The fourth-order valence-electron chi connectivity index (χ4n) is 2.50. The first-order valence-electron chi connectivity index (χ1n) is 6.93. The summed E-state index contributed by atoms with van der Waals surface area (Å²) >= 11 is 0. The van der Waals surface area contributed by atoms with E-state index in [4.69, 9.17) is 5.26 Å². The number of hydrogen-bond acceptors (Lipinski definition) is 3. The molecule has 5 nitrogen and oxygen atoms in total. The third-order valence-electron chi connectivity index (χ3n) is 3.70. The van der Waals surface area contributed by atoms with Crippen molar-refractivity contribution in [2.45, 2.75) is 13.0 Å². The van der Waals surface area contributed by atoms with Gasteiger partial charge in [-0.3, -0.25) is 4.72 Å². The van der Waals surface area contributed by atoms with Crippen molar-refractivity contribution >= 4 is 15.9 Å². The fourth-order valence-corrected chi connectivity index (χ4v) is 3.71. The van der Waals surface area contributed by atoms with Gasteiger partial charge in [0, 0.05) is 18.8 Å². The molecule has 0 fully saturated rings. The normalized spacial score (nSPS) is 14.9. The standard InChI is InChI=1S/C16H15N3O2S/c17-11-13-5-7-16(8-6-13)18-22(20,21)19-10-9-14-3-1-2-4-15(14)12-19/h1-8,18H,9-10,12H2. The van der Waals surface area contributed by atoms with Crippen LogP contribution >= 0.6 is 0 Å². The second-order valence-electron chi connectivity index (χ2n) is 5.15. The van der Waals surface area contributed by atoms with Gasteiger partial charge in [-0.05, 0) is 41.8 Å². The molecule has 112 valence electrons. The van der Waals surface area contributed by atoms with Crippen molar-refractivity contribution < 1.29 is 8.42 Å². The highest BCUT2D eigenvalue weighted by atomic mass is 32.2. The molecule has 22 heavy (non-hydrogen) atoms. The van der Waals surface area contributed by atoms with Crippen molar-refractivity contribution in [3.05, 3.63) is 65.2 Å². The average molecular weight is 313 g/mol. The Morgan fingerprint density at radius 1 is 1.05 bits per heavy atom. The van der Waals surface area contributed by atoms with Gasteiger partial charge in [-0.15, -0.1) is 0 Å². The lowest BCUT2D eigenvalue weighted by molar-refractivity contribution is 0.394. The van der Waals surface area contributed by atoms with Gasteiger partial charge in [0.1, 0.15) is 0 Å². The van der Waals surface area contributed by atoms with Crippen LogP contribution in [-0.2, 0) is 23.2 Å². The molecular formula is C16H15N3O2S. The fraction of sp³-hybridized carbons (Fsp3) is 0.188. The highest BCUT2D eigenvalue weighted by molar-refractivity contribution is 7.90. The van der Waals surface area contributed by atoms with Crippen LogP contribution in [0.4, 0.5) is 5.69 Å². The van der Waals surface area contributed by atoms with Crippen LogP contribution in [0.3, 0.4) is 0 Å². The molecule has 0 unspecified atom stereocenters. The Morgan fingerprint density at radius 3 is 2.41 bits per heavy atom. The molecule has 0 spiro atoms. The second-order valence-corrected chi connectivity index (χ2v) is 6.82. The second kappa shape index (κ2) is 5.79. The number of hydrogen-bond donors (Lipinski definition) is 1. The molecule has 0 aliphatic carbocycles. The van der Waals surface area contributed by atoms with E-state index in [9.17, 15) is 8.42 Å². The number of fused-ring (bicyclic) bond motifs is 1. The van der Waals surface area contributed by atoms with Gasteiger partial charge in [-0.1, -0.05) is 24.3 Å². The van der Waals surface area contributed by atoms with Crippen molar-refractivity contribution in [2.75, 3.05) is 11.3 Å². The molecule has 2 aromatic carbocycles. The molecule has 0 atom stereocenters. The number of nitriles is 1. The third-order valence-corrected chi connectivity index (χ3v) is 5.18. The molecule has 0 amide bonds. The number of anilines is 1. The zero-order valence-electron chi connectivity index (χ0n) is 11.9. The quantitative estimate of drug-likeness (QED) is 0.944. The average Bonchev–Trinajstić information content (AvgIpc) is 2.55. The molecule has 1 heterocycles. The van der Waals surface area contributed by atoms with E-state index >= 15 is 0 Å². The maximum absolute atomic E-state index is 12.5. The van der Waals surface area contributed by atoms with Crippen LogP contribution in [0.5, 0.6) is 0 Å². The Labute approximate surface area is 130 Å². The lowest BCUT2D eigenvalue weighted by atomic mass is 10.0. The van der Waals surface area contributed by atoms with Gasteiger partial charge >= 0.3 is 10.2 Å². The predicted molar refractivity (Wildman–Crippen MR) is 84.3 cm³/mol. The van der Waals surface area contributed by atoms with Crippen molar-refractivity contribution in [1.29, 1.82) is 5.26 Å². The summed E-state index contributed by atoms with van der Waals surface area (Å²) in [6.45, 7) is 0.838. The van der Waals surface area contributed by atoms with Crippen LogP contribution in [-0.4, -0.2) is 19.3 Å². The van der Waals surface area contributed by atoms with Crippen LogP contribution < -0.4 is 4.72 Å². The molecule has 1 aliphatic heterocycles. The number of benzene rings is 2. The van der Waals surface area contributed by atoms with Gasteiger partial charge in [-0.25, -0.2) is 0 Å². The van der Waals surface area contributed by atoms with Gasteiger partial charge in [0.25, 0.3) is 0 Å². The Hall–Kier alpha value is -2.36. The molecule has 6 heteroatoms. The molecule has 1 N–H and O–H groups in total. The number of nitrogens with zero attached hydrogens (tertiary/aromatic N) is 2. The number of nitrogens with one attached hydrogen (secondary N) is 1. The molecule has 0 radical (unpaired) electrons. The van der Waals surface area contributed by atoms with E-state index in [2.05, 4.69) is 4.72 Å². The van der Waals surface area contributed by atoms with E-state index < -0.39 is 10.2 Å². The summed E-state index contributed by atoms with van der Waals surface area (Å²) < 4.78 is 28.9. The minimum absolute atomic E-state index is 0.377. The topological polar surface area (TPSA) is 73.2 Å². The molecule has 3 rings (SSSR count). The van der Waals surface area contributed by atoms with Crippen molar-refractivity contribution in [3.8, 4) is 6.07 Å². The van der Waals surface area contributed by atoms with Gasteiger partial charge in [0.05, 0.1) is 11.6 Å². The largest absolute Gasteiger partial charge is 0.301 e. The molecule has 2 aromatic rings. The predicted octanol–water partition coefficient (Wildman–Crippen LogP) is 2.27. The first kappa shape index (κ1) is 14.6. The van der Waals surface area contributed by atoms with Crippen molar-refractivity contribution in [1.82, 2.24) is 4.31 Å². The molecule has 1 aliphatic rings. The van der Waals surface area contributed by atoms with Crippen LogP contribution in [0, 0.1) is 11.3 Å². The van der Waals surface area contributed by atoms with Crippen LogP contribution in [0.15, 0.2) is 48.5 Å². The molecular weight excluding hydrogens is 298 g/mol. The van der Waals surface area contributed by atoms with E-state index in [0.29, 0.717) is 30.8 Å². The third kappa shape index (κ3) is 2.96. The lowest BCUT2D eigenvalue weighted by Gasteiger charge is -2.28. The Morgan fingerprint density at radius 2 is 1.73 bits per heavy atom. The van der Waals surface area contributed by atoms with Crippen LogP contribution in [0.1, 0.15) is 16.7 Å². The monoisotopic (exact) mass is 313 g/mol. The zero-order chi connectivity index (χ0) is 15.6. The van der Waals surface area contributed by atoms with Crippen LogP contribution in [0.25, 0.3) is 0 Å². The van der Waals surface area contributed by atoms with E-state index in [-0.39, 0.29) is 0 Å². The smallest absolute Gasteiger partial charge is 0.271 e. The van der Waals surface area contributed by atoms with Crippen LogP contribution in [0.2, 0.25) is 0 Å². The summed E-state index contributed by atoms with van der Waals surface area (Å²) in [5.41, 5.74) is 3.19. The molecule has 0 saturated heterocycles. The molecule has 0 bridgehead atoms. The first-order chi connectivity index (χ1) is 10.6. The van der Waals surface area contributed by atoms with Gasteiger partial charge in [0.15, 0.2) is 0 Å². The zero-order valence-corrected chi connectivity index (χ0v) is 12.7. The number of rotatable bonds is 3. The summed E-state index contributed by atoms with van der Waals surface area (Å²) in [5.74, 6) is 0. The summed E-state index contributed by atoms with van der Waals surface area (Å²) in [6.07, 6.45) is 0.713. The van der Waals surface area contributed by atoms with Gasteiger partial charge < -0.3 is 0 Å². The maximum Gasteiger partial charge on any atom is 0.301 e. The van der Waals surface area contributed by atoms with Gasteiger partial charge in [-0.2, -0.15) is 18.0 Å². The van der Waals surface area contributed by atoms with Crippen molar-refractivity contribution in [3.63, 3.8) is 0 Å². The Balaban J connectivity index is 1.77. The Kier molecular flexibility index (Phi) is 3.84. The van der Waals surface area contributed by atoms with Gasteiger partial charge in [0.2, 0.25) is 0 Å². The molecule has 0 aromatic heterocycles. The summed E-state index contributed by atoms with van der Waals surface area (Å²) in [6, 6.07) is 16.2.